The molecule has 1 aliphatic rings. The first-order valence-corrected chi connectivity index (χ1v) is 7.24. The van der Waals surface area contributed by atoms with Gasteiger partial charge in [-0.25, -0.2) is 0 Å². The lowest BCUT2D eigenvalue weighted by Gasteiger charge is -2.31. The molecule has 1 aliphatic heterocycles. The predicted octanol–water partition coefficient (Wildman–Crippen LogP) is 1.17. The third-order valence-corrected chi connectivity index (χ3v) is 3.64. The van der Waals surface area contributed by atoms with Crippen molar-refractivity contribution in [1.82, 2.24) is 15.5 Å². The molecule has 1 rings (SSSR count). The summed E-state index contributed by atoms with van der Waals surface area (Å²) in [5.41, 5.74) is 0. The van der Waals surface area contributed by atoms with Gasteiger partial charge in [0.2, 0.25) is 11.8 Å². The van der Waals surface area contributed by atoms with E-state index in [1.165, 1.54) is 0 Å². The normalized spacial score (nSPS) is 15.9. The summed E-state index contributed by atoms with van der Waals surface area (Å²) in [7, 11) is 1.96. The van der Waals surface area contributed by atoms with Gasteiger partial charge in [0.1, 0.15) is 0 Å². The van der Waals surface area contributed by atoms with E-state index in [1.807, 2.05) is 11.9 Å². The highest BCUT2D eigenvalue weighted by molar-refractivity contribution is 5.85. The van der Waals surface area contributed by atoms with Crippen molar-refractivity contribution >= 4 is 24.2 Å². The number of carbonyl (C=O) groups is 2. The molecule has 1 fully saturated rings. The topological polar surface area (TPSA) is 61.4 Å². The second kappa shape index (κ2) is 10.00. The Hall–Kier alpha value is -0.810. The summed E-state index contributed by atoms with van der Waals surface area (Å²) in [6, 6.07) is 0.518. The molecule has 0 aliphatic carbocycles. The molecule has 0 spiro atoms. The van der Waals surface area contributed by atoms with Gasteiger partial charge in [0.05, 0.1) is 6.54 Å². The van der Waals surface area contributed by atoms with Gasteiger partial charge in [-0.05, 0) is 32.2 Å². The monoisotopic (exact) mass is 305 g/mol. The molecule has 5 nitrogen and oxygen atoms in total. The fraction of sp³-hybridized carbons (Fsp3) is 0.857. The lowest BCUT2D eigenvalue weighted by Crippen LogP contribution is -2.47. The van der Waals surface area contributed by atoms with Gasteiger partial charge in [0, 0.05) is 25.6 Å². The van der Waals surface area contributed by atoms with Crippen molar-refractivity contribution in [2.45, 2.75) is 45.6 Å². The average Bonchev–Trinajstić information content (AvgIpc) is 2.42. The van der Waals surface area contributed by atoms with E-state index in [0.29, 0.717) is 18.4 Å². The zero-order chi connectivity index (χ0) is 14.3. The summed E-state index contributed by atoms with van der Waals surface area (Å²) in [5, 5.41) is 5.95. The number of nitrogens with one attached hydrogen (secondary N) is 2. The van der Waals surface area contributed by atoms with Crippen LogP contribution in [-0.2, 0) is 9.59 Å². The van der Waals surface area contributed by atoms with Crippen LogP contribution in [0.1, 0.15) is 39.5 Å². The summed E-state index contributed by atoms with van der Waals surface area (Å²) in [4.78, 5) is 25.3. The summed E-state index contributed by atoms with van der Waals surface area (Å²) in [5.74, 6) is 0.529. The van der Waals surface area contributed by atoms with Crippen molar-refractivity contribution in [3.05, 3.63) is 0 Å². The van der Waals surface area contributed by atoms with Crippen LogP contribution < -0.4 is 10.6 Å². The van der Waals surface area contributed by atoms with Crippen LogP contribution in [0.15, 0.2) is 0 Å². The Kier molecular flexibility index (Phi) is 9.59. The molecule has 0 aromatic heterocycles. The Morgan fingerprint density at radius 1 is 1.25 bits per heavy atom. The van der Waals surface area contributed by atoms with Gasteiger partial charge in [-0.3, -0.25) is 9.59 Å². The third-order valence-electron chi connectivity index (χ3n) is 3.64. The van der Waals surface area contributed by atoms with Crippen molar-refractivity contribution in [3.63, 3.8) is 0 Å². The maximum atomic E-state index is 11.9. The van der Waals surface area contributed by atoms with E-state index < -0.39 is 0 Å². The molecule has 1 saturated heterocycles. The summed E-state index contributed by atoms with van der Waals surface area (Å²) >= 11 is 0. The van der Waals surface area contributed by atoms with E-state index in [1.54, 1.807) is 0 Å². The molecular weight excluding hydrogens is 278 g/mol. The Morgan fingerprint density at radius 2 is 1.85 bits per heavy atom. The van der Waals surface area contributed by atoms with Gasteiger partial charge in [0.25, 0.3) is 0 Å². The number of hydrogen-bond acceptors (Lipinski definition) is 3. The number of piperidine rings is 1. The highest BCUT2D eigenvalue weighted by Crippen LogP contribution is 2.09. The largest absolute Gasteiger partial charge is 0.347 e. The molecule has 6 heteroatoms. The lowest BCUT2D eigenvalue weighted by molar-refractivity contribution is -0.133. The molecule has 0 unspecified atom stereocenters. The number of amides is 2. The molecule has 1 heterocycles. The minimum Gasteiger partial charge on any atom is -0.347 e. The molecule has 0 saturated carbocycles. The molecular formula is C14H28ClN3O2. The maximum Gasteiger partial charge on any atom is 0.241 e. The molecule has 20 heavy (non-hydrogen) atoms. The van der Waals surface area contributed by atoms with Gasteiger partial charge in [-0.2, -0.15) is 0 Å². The first-order valence-electron chi connectivity index (χ1n) is 7.24. The molecule has 0 radical (unpaired) electrons. The first-order chi connectivity index (χ1) is 9.02. The van der Waals surface area contributed by atoms with E-state index in [4.69, 9.17) is 0 Å². The van der Waals surface area contributed by atoms with E-state index in [-0.39, 0.29) is 30.8 Å². The van der Waals surface area contributed by atoms with Gasteiger partial charge >= 0.3 is 0 Å². The minimum absolute atomic E-state index is 0. The second-order valence-electron chi connectivity index (χ2n) is 5.65. The Bertz CT molecular complexity index is 303. The number of hydrogen-bond donors (Lipinski definition) is 2. The van der Waals surface area contributed by atoms with Crippen LogP contribution in [0, 0.1) is 5.92 Å². The van der Waals surface area contributed by atoms with Crippen molar-refractivity contribution in [2.24, 2.45) is 5.92 Å². The quantitative estimate of drug-likeness (QED) is 0.774. The molecule has 0 bridgehead atoms. The predicted molar refractivity (Wildman–Crippen MR) is 83.0 cm³/mol. The Morgan fingerprint density at radius 3 is 2.35 bits per heavy atom. The van der Waals surface area contributed by atoms with Crippen LogP contribution in [0.25, 0.3) is 0 Å². The minimum atomic E-state index is -0.0211. The van der Waals surface area contributed by atoms with Gasteiger partial charge in [-0.1, -0.05) is 13.8 Å². The van der Waals surface area contributed by atoms with Crippen LogP contribution in [0.5, 0.6) is 0 Å². The summed E-state index contributed by atoms with van der Waals surface area (Å²) in [6.45, 7) is 5.88. The summed E-state index contributed by atoms with van der Waals surface area (Å²) < 4.78 is 0. The average molecular weight is 306 g/mol. The zero-order valence-corrected chi connectivity index (χ0v) is 13.6. The Balaban J connectivity index is 0.00000361. The van der Waals surface area contributed by atoms with Gasteiger partial charge in [-0.15, -0.1) is 12.4 Å². The zero-order valence-electron chi connectivity index (χ0n) is 12.8. The van der Waals surface area contributed by atoms with Crippen LogP contribution in [0.3, 0.4) is 0 Å². The SMILES string of the molecule is CNC1CCN(C(=O)CNC(=O)CCC(C)C)CC1.Cl. The smallest absolute Gasteiger partial charge is 0.241 e. The number of rotatable bonds is 6. The molecule has 118 valence electrons. The van der Waals surface area contributed by atoms with Crippen molar-refractivity contribution in [2.75, 3.05) is 26.7 Å². The molecule has 2 N–H and O–H groups in total. The van der Waals surface area contributed by atoms with Gasteiger partial charge in [0.15, 0.2) is 0 Å². The first kappa shape index (κ1) is 19.2. The van der Waals surface area contributed by atoms with E-state index in [2.05, 4.69) is 24.5 Å². The molecule has 0 atom stereocenters. The number of halogens is 1. The van der Waals surface area contributed by atoms with E-state index in [9.17, 15) is 9.59 Å². The van der Waals surface area contributed by atoms with Gasteiger partial charge < -0.3 is 15.5 Å². The van der Waals surface area contributed by atoms with Crippen LogP contribution in [0.2, 0.25) is 0 Å². The third kappa shape index (κ3) is 7.10. The maximum absolute atomic E-state index is 11.9. The van der Waals surface area contributed by atoms with Crippen molar-refractivity contribution in [1.29, 1.82) is 0 Å². The second-order valence-corrected chi connectivity index (χ2v) is 5.65. The highest BCUT2D eigenvalue weighted by Gasteiger charge is 2.21. The van der Waals surface area contributed by atoms with Crippen LogP contribution in [-0.4, -0.2) is 49.4 Å². The van der Waals surface area contributed by atoms with E-state index >= 15 is 0 Å². The number of carbonyl (C=O) groups excluding carboxylic acids is 2. The fourth-order valence-corrected chi connectivity index (χ4v) is 2.21. The van der Waals surface area contributed by atoms with Crippen LogP contribution in [0.4, 0.5) is 0 Å². The van der Waals surface area contributed by atoms with E-state index in [0.717, 1.165) is 32.4 Å². The molecule has 2 amide bonds. The fourth-order valence-electron chi connectivity index (χ4n) is 2.21. The number of nitrogens with zero attached hydrogens (tertiary/aromatic N) is 1. The van der Waals surface area contributed by atoms with Crippen molar-refractivity contribution < 1.29 is 9.59 Å². The molecule has 0 aromatic carbocycles. The Labute approximate surface area is 128 Å². The molecule has 0 aromatic rings. The summed E-state index contributed by atoms with van der Waals surface area (Å²) in [6.07, 6.45) is 3.35. The lowest BCUT2D eigenvalue weighted by atomic mass is 10.1. The van der Waals surface area contributed by atoms with Crippen LogP contribution >= 0.6 is 12.4 Å². The van der Waals surface area contributed by atoms with Crippen molar-refractivity contribution in [3.8, 4) is 0 Å². The highest BCUT2D eigenvalue weighted by atomic mass is 35.5. The number of likely N-dealkylation sites (tertiary alicyclic amines) is 1. The standard InChI is InChI=1S/C14H27N3O2.ClH/c1-11(2)4-5-13(18)16-10-14(19)17-8-6-12(15-3)7-9-17;/h11-12,15H,4-10H2,1-3H3,(H,16,18);1H.